The van der Waals surface area contributed by atoms with E-state index in [1.807, 2.05) is 24.3 Å². The van der Waals surface area contributed by atoms with Crippen molar-refractivity contribution in [2.24, 2.45) is 0 Å². The first-order valence-electron chi connectivity index (χ1n) is 5.84. The Hall–Kier alpha value is -1.39. The zero-order valence-corrected chi connectivity index (χ0v) is 10.4. The number of carbonyl (C=O) groups excluding carboxylic acids is 1. The summed E-state index contributed by atoms with van der Waals surface area (Å²) in [6.45, 7) is 2.93. The predicted molar refractivity (Wildman–Crippen MR) is 69.0 cm³/mol. The maximum Gasteiger partial charge on any atom is 0.238 e. The zero-order chi connectivity index (χ0) is 12.7. The highest BCUT2D eigenvalue weighted by Gasteiger charge is 2.06. The lowest BCUT2D eigenvalue weighted by atomic mass is 10.1. The van der Waals surface area contributed by atoms with Gasteiger partial charge in [-0.1, -0.05) is 19.1 Å². The molecule has 1 aromatic carbocycles. The molecule has 0 spiro atoms. The lowest BCUT2D eigenvalue weighted by Crippen LogP contribution is -2.32. The summed E-state index contributed by atoms with van der Waals surface area (Å²) in [6, 6.07) is 7.83. The Morgan fingerprint density at radius 2 is 2.24 bits per heavy atom. The topological polar surface area (TPSA) is 52.6 Å². The largest absolute Gasteiger partial charge is 0.395 e. The van der Waals surface area contributed by atoms with Crippen LogP contribution >= 0.6 is 0 Å². The highest BCUT2D eigenvalue weighted by Crippen LogP contribution is 2.10. The van der Waals surface area contributed by atoms with E-state index in [9.17, 15) is 4.79 Å². The molecule has 1 rings (SSSR count). The Balaban J connectivity index is 2.49. The van der Waals surface area contributed by atoms with Crippen molar-refractivity contribution < 1.29 is 9.90 Å². The van der Waals surface area contributed by atoms with Crippen molar-refractivity contribution in [1.29, 1.82) is 0 Å². The summed E-state index contributed by atoms with van der Waals surface area (Å²) in [7, 11) is 1.80. The van der Waals surface area contributed by atoms with E-state index in [1.165, 1.54) is 5.56 Å². The monoisotopic (exact) mass is 236 g/mol. The number of benzene rings is 1. The van der Waals surface area contributed by atoms with Gasteiger partial charge in [0.25, 0.3) is 0 Å². The summed E-state index contributed by atoms with van der Waals surface area (Å²) in [6.07, 6.45) is 0.953. The minimum absolute atomic E-state index is 0.0609. The normalized spacial score (nSPS) is 10.6. The average Bonchev–Trinajstić information content (AvgIpc) is 2.29. The number of amides is 1. The molecule has 1 aromatic rings. The second-order valence-corrected chi connectivity index (χ2v) is 4.06. The van der Waals surface area contributed by atoms with Crippen molar-refractivity contribution in [3.05, 3.63) is 29.8 Å². The van der Waals surface area contributed by atoms with E-state index in [0.29, 0.717) is 6.54 Å². The second kappa shape index (κ2) is 7.04. The van der Waals surface area contributed by atoms with Gasteiger partial charge in [0, 0.05) is 12.2 Å². The standard InChI is InChI=1S/C13H20N2O2/c1-3-11-5-4-6-12(9-11)14-13(17)10-15(2)7-8-16/h4-6,9,16H,3,7-8,10H2,1-2H3,(H,14,17). The van der Waals surface area contributed by atoms with E-state index in [0.717, 1.165) is 12.1 Å². The summed E-state index contributed by atoms with van der Waals surface area (Å²) in [4.78, 5) is 13.4. The van der Waals surface area contributed by atoms with Gasteiger partial charge in [0.05, 0.1) is 13.2 Å². The molecule has 0 aliphatic heterocycles. The molecule has 0 radical (unpaired) electrons. The molecule has 0 aliphatic carbocycles. The molecule has 0 unspecified atom stereocenters. The van der Waals surface area contributed by atoms with Crippen molar-refractivity contribution in [3.8, 4) is 0 Å². The van der Waals surface area contributed by atoms with Crippen LogP contribution in [0.2, 0.25) is 0 Å². The van der Waals surface area contributed by atoms with Crippen molar-refractivity contribution in [2.45, 2.75) is 13.3 Å². The molecule has 4 nitrogen and oxygen atoms in total. The maximum absolute atomic E-state index is 11.7. The number of nitrogens with zero attached hydrogens (tertiary/aromatic N) is 1. The van der Waals surface area contributed by atoms with Crippen LogP contribution < -0.4 is 5.32 Å². The fourth-order valence-electron chi connectivity index (χ4n) is 1.56. The van der Waals surface area contributed by atoms with Crippen molar-refractivity contribution in [2.75, 3.05) is 32.1 Å². The smallest absolute Gasteiger partial charge is 0.238 e. The number of aliphatic hydroxyl groups excluding tert-OH is 1. The quantitative estimate of drug-likeness (QED) is 0.778. The van der Waals surface area contributed by atoms with Crippen molar-refractivity contribution in [3.63, 3.8) is 0 Å². The highest BCUT2D eigenvalue weighted by atomic mass is 16.3. The maximum atomic E-state index is 11.7. The van der Waals surface area contributed by atoms with Gasteiger partial charge in [-0.25, -0.2) is 0 Å². The number of aliphatic hydroxyl groups is 1. The van der Waals surface area contributed by atoms with Gasteiger partial charge in [0.2, 0.25) is 5.91 Å². The van der Waals surface area contributed by atoms with E-state index in [4.69, 9.17) is 5.11 Å². The van der Waals surface area contributed by atoms with Crippen molar-refractivity contribution in [1.82, 2.24) is 4.90 Å². The van der Waals surface area contributed by atoms with Crippen LogP contribution in [0.15, 0.2) is 24.3 Å². The van der Waals surface area contributed by atoms with Gasteiger partial charge < -0.3 is 10.4 Å². The van der Waals surface area contributed by atoms with E-state index >= 15 is 0 Å². The van der Waals surface area contributed by atoms with Gasteiger partial charge in [0.1, 0.15) is 0 Å². The predicted octanol–water partition coefficient (Wildman–Crippen LogP) is 1.11. The first kappa shape index (κ1) is 13.7. The second-order valence-electron chi connectivity index (χ2n) is 4.06. The number of carbonyl (C=O) groups is 1. The summed E-state index contributed by atoms with van der Waals surface area (Å²) in [5.74, 6) is -0.0609. The molecule has 0 saturated carbocycles. The van der Waals surface area contributed by atoms with Gasteiger partial charge in [-0.3, -0.25) is 9.69 Å². The van der Waals surface area contributed by atoms with Crippen LogP contribution in [0.4, 0.5) is 5.69 Å². The Labute approximate surface area is 102 Å². The van der Waals surface area contributed by atoms with Gasteiger partial charge in [-0.15, -0.1) is 0 Å². The minimum atomic E-state index is -0.0609. The van der Waals surface area contributed by atoms with Crippen molar-refractivity contribution >= 4 is 11.6 Å². The number of anilines is 1. The first-order chi connectivity index (χ1) is 8.15. The number of aryl methyl sites for hydroxylation is 1. The zero-order valence-electron chi connectivity index (χ0n) is 10.4. The van der Waals surface area contributed by atoms with E-state index in [2.05, 4.69) is 12.2 Å². The average molecular weight is 236 g/mol. The van der Waals surface area contributed by atoms with Crippen LogP contribution in [0.1, 0.15) is 12.5 Å². The molecule has 94 valence electrons. The molecular formula is C13H20N2O2. The van der Waals surface area contributed by atoms with Crippen LogP contribution in [0.5, 0.6) is 0 Å². The Kier molecular flexibility index (Phi) is 5.66. The molecule has 0 bridgehead atoms. The van der Waals surface area contributed by atoms with Crippen LogP contribution in [-0.2, 0) is 11.2 Å². The van der Waals surface area contributed by atoms with Gasteiger partial charge in [-0.2, -0.15) is 0 Å². The fraction of sp³-hybridized carbons (Fsp3) is 0.462. The third-order valence-corrected chi connectivity index (χ3v) is 2.51. The van der Waals surface area contributed by atoms with Gasteiger partial charge >= 0.3 is 0 Å². The summed E-state index contributed by atoms with van der Waals surface area (Å²) in [5.41, 5.74) is 2.03. The molecule has 17 heavy (non-hydrogen) atoms. The molecule has 0 heterocycles. The molecule has 0 atom stereocenters. The van der Waals surface area contributed by atoms with Gasteiger partial charge in [0.15, 0.2) is 0 Å². The lowest BCUT2D eigenvalue weighted by Gasteiger charge is -2.14. The first-order valence-corrected chi connectivity index (χ1v) is 5.84. The third kappa shape index (κ3) is 4.97. The molecule has 0 aliphatic rings. The number of hydrogen-bond donors (Lipinski definition) is 2. The number of likely N-dealkylation sites (N-methyl/N-ethyl adjacent to an activating group) is 1. The van der Waals surface area contributed by atoms with E-state index < -0.39 is 0 Å². The fourth-order valence-corrected chi connectivity index (χ4v) is 1.56. The number of rotatable bonds is 6. The van der Waals surface area contributed by atoms with E-state index in [-0.39, 0.29) is 19.1 Å². The third-order valence-electron chi connectivity index (χ3n) is 2.51. The summed E-state index contributed by atoms with van der Waals surface area (Å²) >= 11 is 0. The molecule has 1 amide bonds. The molecule has 4 heteroatoms. The van der Waals surface area contributed by atoms with E-state index in [1.54, 1.807) is 11.9 Å². The summed E-state index contributed by atoms with van der Waals surface area (Å²) in [5, 5.41) is 11.6. The van der Waals surface area contributed by atoms with Crippen LogP contribution in [0.3, 0.4) is 0 Å². The Bertz CT molecular complexity index is 366. The lowest BCUT2D eigenvalue weighted by molar-refractivity contribution is -0.117. The number of nitrogens with one attached hydrogen (secondary N) is 1. The van der Waals surface area contributed by atoms with Crippen LogP contribution in [0, 0.1) is 0 Å². The Morgan fingerprint density at radius 3 is 2.88 bits per heavy atom. The SMILES string of the molecule is CCc1cccc(NC(=O)CN(C)CCO)c1. The van der Waals surface area contributed by atoms with Crippen LogP contribution in [0.25, 0.3) is 0 Å². The highest BCUT2D eigenvalue weighted by molar-refractivity contribution is 5.92. The Morgan fingerprint density at radius 1 is 1.47 bits per heavy atom. The molecule has 2 N–H and O–H groups in total. The molecule has 0 saturated heterocycles. The molecule has 0 fully saturated rings. The summed E-state index contributed by atoms with van der Waals surface area (Å²) < 4.78 is 0. The minimum Gasteiger partial charge on any atom is -0.395 e. The number of hydrogen-bond acceptors (Lipinski definition) is 3. The van der Waals surface area contributed by atoms with Crippen LogP contribution in [-0.4, -0.2) is 42.7 Å². The molecule has 0 aromatic heterocycles. The van der Waals surface area contributed by atoms with Gasteiger partial charge in [-0.05, 0) is 31.2 Å². The molecular weight excluding hydrogens is 216 g/mol.